The zero-order valence-electron chi connectivity index (χ0n) is 19.8. The van der Waals surface area contributed by atoms with Gasteiger partial charge in [-0.25, -0.2) is 4.98 Å². The van der Waals surface area contributed by atoms with Crippen LogP contribution in [0.25, 0.3) is 22.0 Å². The SMILES string of the molecule is Cc1ccc(-c2noc(CCCN3CCN(C(=O)Cc4csc(-c5cccnc5)n4)CC3)n2)cc1. The van der Waals surface area contributed by atoms with Gasteiger partial charge in [0, 0.05) is 61.5 Å². The molecule has 1 aliphatic heterocycles. The Morgan fingerprint density at radius 3 is 2.66 bits per heavy atom. The average Bonchev–Trinajstić information content (AvgIpc) is 3.56. The van der Waals surface area contributed by atoms with Crippen molar-refractivity contribution in [2.24, 2.45) is 0 Å². The van der Waals surface area contributed by atoms with Gasteiger partial charge in [0.25, 0.3) is 0 Å². The Morgan fingerprint density at radius 1 is 1.06 bits per heavy atom. The number of rotatable bonds is 8. The third-order valence-corrected chi connectivity index (χ3v) is 7.10. The molecule has 5 rings (SSSR count). The van der Waals surface area contributed by atoms with Gasteiger partial charge >= 0.3 is 0 Å². The van der Waals surface area contributed by atoms with Gasteiger partial charge in [0.15, 0.2) is 0 Å². The van der Waals surface area contributed by atoms with E-state index in [1.165, 1.54) is 5.56 Å². The molecule has 4 aromatic rings. The Kier molecular flexibility index (Phi) is 7.25. The second kappa shape index (κ2) is 10.9. The summed E-state index contributed by atoms with van der Waals surface area (Å²) in [6.45, 7) is 6.25. The molecular weight excluding hydrogens is 460 g/mol. The van der Waals surface area contributed by atoms with E-state index in [0.717, 1.165) is 67.4 Å². The Hall–Kier alpha value is -3.43. The lowest BCUT2D eigenvalue weighted by atomic mass is 10.1. The van der Waals surface area contributed by atoms with Crippen LogP contribution in [0, 0.1) is 6.92 Å². The summed E-state index contributed by atoms with van der Waals surface area (Å²) in [7, 11) is 0. The number of pyridine rings is 1. The summed E-state index contributed by atoms with van der Waals surface area (Å²) < 4.78 is 5.43. The first kappa shape index (κ1) is 23.3. The Morgan fingerprint density at radius 2 is 1.89 bits per heavy atom. The van der Waals surface area contributed by atoms with Gasteiger partial charge in [-0.15, -0.1) is 11.3 Å². The maximum Gasteiger partial charge on any atom is 0.228 e. The summed E-state index contributed by atoms with van der Waals surface area (Å²) in [5.74, 6) is 1.45. The molecule has 0 aliphatic carbocycles. The van der Waals surface area contributed by atoms with Crippen molar-refractivity contribution in [3.63, 3.8) is 0 Å². The van der Waals surface area contributed by atoms with Gasteiger partial charge in [-0.05, 0) is 32.0 Å². The minimum atomic E-state index is 0.141. The van der Waals surface area contributed by atoms with Crippen molar-refractivity contribution in [3.8, 4) is 22.0 Å². The fourth-order valence-corrected chi connectivity index (χ4v) is 4.94. The van der Waals surface area contributed by atoms with E-state index in [2.05, 4.69) is 31.9 Å². The molecule has 8 nitrogen and oxygen atoms in total. The minimum Gasteiger partial charge on any atom is -0.340 e. The molecule has 3 aromatic heterocycles. The van der Waals surface area contributed by atoms with Crippen LogP contribution in [0.3, 0.4) is 0 Å². The maximum absolute atomic E-state index is 12.8. The maximum atomic E-state index is 12.8. The highest BCUT2D eigenvalue weighted by molar-refractivity contribution is 7.13. The molecule has 0 N–H and O–H groups in total. The molecule has 9 heteroatoms. The molecule has 1 fully saturated rings. The Balaban J connectivity index is 1.04. The minimum absolute atomic E-state index is 0.141. The van der Waals surface area contributed by atoms with Crippen LogP contribution in [0.4, 0.5) is 0 Å². The van der Waals surface area contributed by atoms with Gasteiger partial charge < -0.3 is 9.42 Å². The molecule has 0 radical (unpaired) electrons. The summed E-state index contributed by atoms with van der Waals surface area (Å²) in [6, 6.07) is 12.0. The second-order valence-corrected chi connectivity index (χ2v) is 9.62. The number of carbonyl (C=O) groups excluding carboxylic acids is 1. The van der Waals surface area contributed by atoms with Crippen LogP contribution < -0.4 is 0 Å². The lowest BCUT2D eigenvalue weighted by Crippen LogP contribution is -2.49. The van der Waals surface area contributed by atoms with Crippen molar-refractivity contribution in [3.05, 3.63) is 71.3 Å². The lowest BCUT2D eigenvalue weighted by molar-refractivity contribution is -0.132. The molecular formula is C26H28N6O2S. The van der Waals surface area contributed by atoms with Crippen molar-refractivity contribution >= 4 is 17.2 Å². The monoisotopic (exact) mass is 488 g/mol. The first-order chi connectivity index (χ1) is 17.1. The van der Waals surface area contributed by atoms with Crippen molar-refractivity contribution in [1.29, 1.82) is 0 Å². The highest BCUT2D eigenvalue weighted by Crippen LogP contribution is 2.23. The van der Waals surface area contributed by atoms with E-state index in [9.17, 15) is 4.79 Å². The van der Waals surface area contributed by atoms with E-state index in [0.29, 0.717) is 18.1 Å². The van der Waals surface area contributed by atoms with Crippen molar-refractivity contribution < 1.29 is 9.32 Å². The summed E-state index contributed by atoms with van der Waals surface area (Å²) in [5.41, 5.74) is 3.98. The number of benzene rings is 1. The highest BCUT2D eigenvalue weighted by atomic mass is 32.1. The van der Waals surface area contributed by atoms with Crippen molar-refractivity contribution in [1.82, 2.24) is 29.9 Å². The first-order valence-corrected chi connectivity index (χ1v) is 12.8. The van der Waals surface area contributed by atoms with Gasteiger partial charge in [-0.2, -0.15) is 4.98 Å². The molecule has 4 heterocycles. The standard InChI is InChI=1S/C26H28N6O2S/c1-19-6-8-20(9-7-19)25-29-23(34-30-25)5-3-11-31-12-14-32(15-13-31)24(33)16-22-18-35-26(28-22)21-4-2-10-27-17-21/h2,4,6-10,17-18H,3,5,11-16H2,1H3. The number of aromatic nitrogens is 4. The average molecular weight is 489 g/mol. The molecule has 0 atom stereocenters. The zero-order valence-corrected chi connectivity index (χ0v) is 20.6. The van der Waals surface area contributed by atoms with E-state index >= 15 is 0 Å². The van der Waals surface area contributed by atoms with Crippen molar-refractivity contribution in [2.75, 3.05) is 32.7 Å². The van der Waals surface area contributed by atoms with Crippen LogP contribution in [0.2, 0.25) is 0 Å². The summed E-state index contributed by atoms with van der Waals surface area (Å²) in [5, 5.41) is 6.98. The number of piperazine rings is 1. The van der Waals surface area contributed by atoms with E-state index < -0.39 is 0 Å². The van der Waals surface area contributed by atoms with Crippen molar-refractivity contribution in [2.45, 2.75) is 26.2 Å². The van der Waals surface area contributed by atoms with E-state index in [-0.39, 0.29) is 5.91 Å². The Labute approximate surface area is 208 Å². The van der Waals surface area contributed by atoms with Crippen LogP contribution in [-0.2, 0) is 17.6 Å². The number of thiazole rings is 1. The quantitative estimate of drug-likeness (QED) is 0.372. The fourth-order valence-electron chi connectivity index (χ4n) is 4.13. The molecule has 35 heavy (non-hydrogen) atoms. The van der Waals surface area contributed by atoms with E-state index in [1.807, 2.05) is 46.7 Å². The number of hydrogen-bond donors (Lipinski definition) is 0. The van der Waals surface area contributed by atoms with E-state index in [1.54, 1.807) is 23.7 Å². The van der Waals surface area contributed by atoms with Crippen LogP contribution in [0.15, 0.2) is 58.7 Å². The number of amides is 1. The highest BCUT2D eigenvalue weighted by Gasteiger charge is 2.22. The number of hydrogen-bond acceptors (Lipinski definition) is 8. The molecule has 0 spiro atoms. The predicted octanol–water partition coefficient (Wildman–Crippen LogP) is 3.88. The fraction of sp³-hybridized carbons (Fsp3) is 0.346. The molecule has 0 saturated carbocycles. The topological polar surface area (TPSA) is 88.3 Å². The third-order valence-electron chi connectivity index (χ3n) is 6.16. The molecule has 180 valence electrons. The largest absolute Gasteiger partial charge is 0.340 e. The first-order valence-electron chi connectivity index (χ1n) is 11.9. The van der Waals surface area contributed by atoms with Crippen LogP contribution in [0.5, 0.6) is 0 Å². The van der Waals surface area contributed by atoms with Gasteiger partial charge in [-0.3, -0.25) is 14.7 Å². The second-order valence-electron chi connectivity index (χ2n) is 8.77. The van der Waals surface area contributed by atoms with Gasteiger partial charge in [0.05, 0.1) is 12.1 Å². The molecule has 1 aromatic carbocycles. The predicted molar refractivity (Wildman–Crippen MR) is 135 cm³/mol. The summed E-state index contributed by atoms with van der Waals surface area (Å²) in [4.78, 5) is 30.4. The summed E-state index contributed by atoms with van der Waals surface area (Å²) >= 11 is 1.55. The normalized spacial score (nSPS) is 14.4. The number of aryl methyl sites for hydroxylation is 2. The molecule has 1 saturated heterocycles. The van der Waals surface area contributed by atoms with Gasteiger partial charge in [0.2, 0.25) is 17.6 Å². The molecule has 1 amide bonds. The number of nitrogens with zero attached hydrogens (tertiary/aromatic N) is 6. The van der Waals surface area contributed by atoms with Crippen LogP contribution in [0.1, 0.15) is 23.6 Å². The van der Waals surface area contributed by atoms with Gasteiger partial charge in [0.1, 0.15) is 5.01 Å². The Bertz CT molecular complexity index is 1250. The lowest BCUT2D eigenvalue weighted by Gasteiger charge is -2.34. The van der Waals surface area contributed by atoms with E-state index in [4.69, 9.17) is 4.52 Å². The molecule has 1 aliphatic rings. The van der Waals surface area contributed by atoms with Gasteiger partial charge in [-0.1, -0.05) is 35.0 Å². The van der Waals surface area contributed by atoms with Crippen LogP contribution in [-0.4, -0.2) is 68.5 Å². The smallest absolute Gasteiger partial charge is 0.228 e. The molecule has 0 unspecified atom stereocenters. The van der Waals surface area contributed by atoms with Crippen LogP contribution >= 0.6 is 11.3 Å². The summed E-state index contributed by atoms with van der Waals surface area (Å²) in [6.07, 6.45) is 5.58. The zero-order chi connectivity index (χ0) is 24.0. The molecule has 0 bridgehead atoms. The number of carbonyl (C=O) groups is 1. The third kappa shape index (κ3) is 5.98.